The summed E-state index contributed by atoms with van der Waals surface area (Å²) in [4.78, 5) is 4.82. The molecular weight excluding hydrogens is 208 g/mol. The Labute approximate surface area is 105 Å². The van der Waals surface area contributed by atoms with E-state index in [-0.39, 0.29) is 0 Å². The van der Waals surface area contributed by atoms with Gasteiger partial charge in [-0.15, -0.1) is 0 Å². The molecule has 1 aliphatic rings. The van der Waals surface area contributed by atoms with Gasteiger partial charge in [-0.05, 0) is 49.7 Å². The summed E-state index contributed by atoms with van der Waals surface area (Å²) in [5.74, 6) is 1.90. The summed E-state index contributed by atoms with van der Waals surface area (Å²) in [7, 11) is 0. The van der Waals surface area contributed by atoms with E-state index in [9.17, 15) is 0 Å². The highest BCUT2D eigenvalue weighted by Crippen LogP contribution is 2.27. The number of fused-ring (bicyclic) bond motifs is 1. The molecule has 0 fully saturated rings. The largest absolute Gasteiger partial charge is 0.370 e. The molecule has 94 valence electrons. The van der Waals surface area contributed by atoms with Crippen LogP contribution in [0, 0.1) is 12.8 Å². The van der Waals surface area contributed by atoms with E-state index in [2.05, 4.69) is 32.2 Å². The van der Waals surface area contributed by atoms with Crippen molar-refractivity contribution in [2.24, 2.45) is 5.92 Å². The van der Waals surface area contributed by atoms with Crippen molar-refractivity contribution in [1.82, 2.24) is 4.98 Å². The van der Waals surface area contributed by atoms with Crippen LogP contribution in [0.1, 0.15) is 49.9 Å². The number of hydrogen-bond acceptors (Lipinski definition) is 2. The number of rotatable bonds is 4. The van der Waals surface area contributed by atoms with E-state index in [1.54, 1.807) is 0 Å². The van der Waals surface area contributed by atoms with Gasteiger partial charge in [0, 0.05) is 12.2 Å². The van der Waals surface area contributed by atoms with Gasteiger partial charge in [0.25, 0.3) is 0 Å². The SMILES string of the molecule is CCCCNc1nc2c(cc1C)CCC(C)C2. The lowest BCUT2D eigenvalue weighted by Crippen LogP contribution is -2.15. The molecule has 0 radical (unpaired) electrons. The van der Waals surface area contributed by atoms with Crippen LogP contribution in [-0.4, -0.2) is 11.5 Å². The van der Waals surface area contributed by atoms with Gasteiger partial charge in [-0.25, -0.2) is 4.98 Å². The first-order chi connectivity index (χ1) is 8.20. The fourth-order valence-corrected chi connectivity index (χ4v) is 2.50. The summed E-state index contributed by atoms with van der Waals surface area (Å²) >= 11 is 0. The Bertz CT molecular complexity index is 385. The number of anilines is 1. The van der Waals surface area contributed by atoms with Crippen LogP contribution in [0.2, 0.25) is 0 Å². The van der Waals surface area contributed by atoms with Gasteiger partial charge in [-0.2, -0.15) is 0 Å². The van der Waals surface area contributed by atoms with Gasteiger partial charge in [0.15, 0.2) is 0 Å². The smallest absolute Gasteiger partial charge is 0.129 e. The molecule has 0 saturated carbocycles. The summed E-state index contributed by atoms with van der Waals surface area (Å²) < 4.78 is 0. The minimum atomic E-state index is 0.793. The number of aromatic nitrogens is 1. The van der Waals surface area contributed by atoms with Gasteiger partial charge in [0.1, 0.15) is 5.82 Å². The maximum atomic E-state index is 4.82. The first-order valence-electron chi connectivity index (χ1n) is 6.94. The average Bonchev–Trinajstić information content (AvgIpc) is 2.31. The molecule has 0 aliphatic heterocycles. The molecule has 0 bridgehead atoms. The van der Waals surface area contributed by atoms with Crippen molar-refractivity contribution in [2.75, 3.05) is 11.9 Å². The fraction of sp³-hybridized carbons (Fsp3) is 0.667. The molecule has 1 unspecified atom stereocenters. The van der Waals surface area contributed by atoms with Gasteiger partial charge in [-0.3, -0.25) is 0 Å². The topological polar surface area (TPSA) is 24.9 Å². The Kier molecular flexibility index (Phi) is 4.03. The number of nitrogens with zero attached hydrogens (tertiary/aromatic N) is 1. The lowest BCUT2D eigenvalue weighted by atomic mass is 9.87. The standard InChI is InChI=1S/C15H24N2/c1-4-5-8-16-15-12(3)10-13-7-6-11(2)9-14(13)17-15/h10-11H,4-9H2,1-3H3,(H,16,17). The number of hydrogen-bond donors (Lipinski definition) is 1. The van der Waals surface area contributed by atoms with Crippen LogP contribution in [0.15, 0.2) is 6.07 Å². The van der Waals surface area contributed by atoms with Crippen LogP contribution in [-0.2, 0) is 12.8 Å². The quantitative estimate of drug-likeness (QED) is 0.800. The minimum absolute atomic E-state index is 0.793. The zero-order chi connectivity index (χ0) is 12.3. The normalized spacial score (nSPS) is 18.9. The van der Waals surface area contributed by atoms with E-state index in [1.807, 2.05) is 0 Å². The molecule has 2 rings (SSSR count). The van der Waals surface area contributed by atoms with Gasteiger partial charge < -0.3 is 5.32 Å². The summed E-state index contributed by atoms with van der Waals surface area (Å²) in [6, 6.07) is 2.34. The molecular formula is C15H24N2. The van der Waals surface area contributed by atoms with Gasteiger partial charge >= 0.3 is 0 Å². The zero-order valence-electron chi connectivity index (χ0n) is 11.3. The van der Waals surface area contributed by atoms with E-state index in [0.717, 1.165) is 24.7 Å². The Balaban J connectivity index is 2.14. The molecule has 17 heavy (non-hydrogen) atoms. The molecule has 1 aliphatic carbocycles. The van der Waals surface area contributed by atoms with E-state index < -0.39 is 0 Å². The molecule has 1 atom stereocenters. The maximum absolute atomic E-state index is 4.82. The van der Waals surface area contributed by atoms with E-state index in [4.69, 9.17) is 4.98 Å². The Morgan fingerprint density at radius 2 is 2.29 bits per heavy atom. The van der Waals surface area contributed by atoms with E-state index in [1.165, 1.54) is 42.5 Å². The van der Waals surface area contributed by atoms with Crippen molar-refractivity contribution >= 4 is 5.82 Å². The predicted octanol–water partition coefficient (Wildman–Crippen LogP) is 3.73. The minimum Gasteiger partial charge on any atom is -0.370 e. The van der Waals surface area contributed by atoms with Crippen LogP contribution in [0.5, 0.6) is 0 Å². The molecule has 0 saturated heterocycles. The third-order valence-corrected chi connectivity index (χ3v) is 3.65. The molecule has 1 aromatic heterocycles. The number of pyridine rings is 1. The molecule has 1 aromatic rings. The van der Waals surface area contributed by atoms with Crippen LogP contribution < -0.4 is 5.32 Å². The van der Waals surface area contributed by atoms with Gasteiger partial charge in [-0.1, -0.05) is 26.3 Å². The predicted molar refractivity (Wildman–Crippen MR) is 73.6 cm³/mol. The highest BCUT2D eigenvalue weighted by Gasteiger charge is 2.17. The second-order valence-corrected chi connectivity index (χ2v) is 5.39. The first-order valence-corrected chi connectivity index (χ1v) is 6.94. The fourth-order valence-electron chi connectivity index (χ4n) is 2.50. The molecule has 0 amide bonds. The van der Waals surface area contributed by atoms with Crippen molar-refractivity contribution in [1.29, 1.82) is 0 Å². The average molecular weight is 232 g/mol. The summed E-state index contributed by atoms with van der Waals surface area (Å²) in [6.07, 6.45) is 6.12. The summed E-state index contributed by atoms with van der Waals surface area (Å²) in [5, 5.41) is 3.47. The highest BCUT2D eigenvalue weighted by atomic mass is 15.0. The van der Waals surface area contributed by atoms with Crippen LogP contribution in [0.25, 0.3) is 0 Å². The Morgan fingerprint density at radius 3 is 3.06 bits per heavy atom. The van der Waals surface area contributed by atoms with Gasteiger partial charge in [0.05, 0.1) is 0 Å². The van der Waals surface area contributed by atoms with E-state index >= 15 is 0 Å². The molecule has 0 aromatic carbocycles. The molecule has 0 spiro atoms. The number of nitrogens with one attached hydrogen (secondary N) is 1. The highest BCUT2D eigenvalue weighted by molar-refractivity contribution is 5.47. The lowest BCUT2D eigenvalue weighted by Gasteiger charge is -2.22. The van der Waals surface area contributed by atoms with Crippen molar-refractivity contribution < 1.29 is 0 Å². The van der Waals surface area contributed by atoms with Crippen molar-refractivity contribution in [3.05, 3.63) is 22.9 Å². The molecule has 1 N–H and O–H groups in total. The summed E-state index contributed by atoms with van der Waals surface area (Å²) in [6.45, 7) is 7.75. The van der Waals surface area contributed by atoms with Gasteiger partial charge in [0.2, 0.25) is 0 Å². The molecule has 2 nitrogen and oxygen atoms in total. The third kappa shape index (κ3) is 2.99. The third-order valence-electron chi connectivity index (χ3n) is 3.65. The van der Waals surface area contributed by atoms with Crippen molar-refractivity contribution in [3.63, 3.8) is 0 Å². The van der Waals surface area contributed by atoms with Crippen LogP contribution in [0.4, 0.5) is 5.82 Å². The van der Waals surface area contributed by atoms with Crippen molar-refractivity contribution in [3.8, 4) is 0 Å². The number of unbranched alkanes of at least 4 members (excludes halogenated alkanes) is 1. The number of aryl methyl sites for hydroxylation is 2. The summed E-state index contributed by atoms with van der Waals surface area (Å²) in [5.41, 5.74) is 4.10. The molecule has 2 heteroatoms. The second-order valence-electron chi connectivity index (χ2n) is 5.39. The lowest BCUT2D eigenvalue weighted by molar-refractivity contribution is 0.492. The Morgan fingerprint density at radius 1 is 1.47 bits per heavy atom. The van der Waals surface area contributed by atoms with Crippen LogP contribution in [0.3, 0.4) is 0 Å². The second kappa shape index (κ2) is 5.52. The Hall–Kier alpha value is -1.05. The van der Waals surface area contributed by atoms with Crippen LogP contribution >= 0.6 is 0 Å². The van der Waals surface area contributed by atoms with Crippen molar-refractivity contribution in [2.45, 2.75) is 52.9 Å². The first kappa shape index (κ1) is 12.4. The monoisotopic (exact) mass is 232 g/mol. The maximum Gasteiger partial charge on any atom is 0.129 e. The molecule has 1 heterocycles. The zero-order valence-corrected chi connectivity index (χ0v) is 11.3. The van der Waals surface area contributed by atoms with E-state index in [0.29, 0.717) is 0 Å².